The van der Waals surface area contributed by atoms with Crippen LogP contribution in [0.15, 0.2) is 0 Å². The molecule has 0 aliphatic heterocycles. The molecule has 0 aromatic carbocycles. The number of carboxylic acids is 2. The van der Waals surface area contributed by atoms with Gasteiger partial charge >= 0.3 is 11.9 Å². The largest absolute Gasteiger partial charge is 0.481 e. The van der Waals surface area contributed by atoms with Crippen molar-refractivity contribution in [2.75, 3.05) is 0 Å². The van der Waals surface area contributed by atoms with Crippen LogP contribution in [0.2, 0.25) is 0 Å². The fraction of sp³-hybridized carbons (Fsp3) is 0.900. The minimum atomic E-state index is -0.893. The molecule has 2 N–H and O–H groups in total. The van der Waals surface area contributed by atoms with Gasteiger partial charge in [0.15, 0.2) is 0 Å². The lowest BCUT2D eigenvalue weighted by atomic mass is 10.0. The topological polar surface area (TPSA) is 118 Å². The van der Waals surface area contributed by atoms with Crippen molar-refractivity contribution in [1.29, 1.82) is 0 Å². The van der Waals surface area contributed by atoms with Crippen molar-refractivity contribution >= 4 is 11.9 Å². The summed E-state index contributed by atoms with van der Waals surface area (Å²) < 4.78 is 0. The maximum Gasteiger partial charge on any atom is 0.303 e. The molecule has 0 aromatic heterocycles. The highest BCUT2D eigenvalue weighted by Gasteiger charge is 2.19. The number of rotatable bonds is 20. The molecule has 0 saturated carbocycles. The van der Waals surface area contributed by atoms with E-state index in [2.05, 4.69) is 0 Å². The molecule has 0 aliphatic carbocycles. The standard InChI is InChI=1S/C20H37NO6/c22-19(23)16-12-10-8-6-4-2-1-3-5-7-9-11-14-18(21(26)27)15-13-17-20(24)25/h18H,1-17H2,(H,22,23)(H,24,25). The van der Waals surface area contributed by atoms with Gasteiger partial charge in [0.1, 0.15) is 0 Å². The first-order valence-corrected chi connectivity index (χ1v) is 10.5. The Labute approximate surface area is 162 Å². The Balaban J connectivity index is 3.38. The fourth-order valence-electron chi connectivity index (χ4n) is 3.27. The molecule has 0 spiro atoms. The summed E-state index contributed by atoms with van der Waals surface area (Å²) in [5.74, 6) is -1.60. The number of unbranched alkanes of at least 4 members (excludes halogenated alkanes) is 11. The summed E-state index contributed by atoms with van der Waals surface area (Å²) in [5.41, 5.74) is 0. The molecule has 0 saturated heterocycles. The Bertz CT molecular complexity index is 413. The third-order valence-corrected chi connectivity index (χ3v) is 4.90. The van der Waals surface area contributed by atoms with E-state index in [0.717, 1.165) is 38.5 Å². The number of carboxylic acid groups (broad SMARTS) is 2. The SMILES string of the molecule is O=C(O)CCCCCCCCCCCCCCC(CCCC(=O)O)[N+](=O)[O-]. The molecule has 0 fully saturated rings. The first-order valence-electron chi connectivity index (χ1n) is 10.5. The molecule has 0 rings (SSSR count). The summed E-state index contributed by atoms with van der Waals surface area (Å²) >= 11 is 0. The van der Waals surface area contributed by atoms with Gasteiger partial charge in [0.2, 0.25) is 6.04 Å². The molecule has 158 valence electrons. The average Bonchev–Trinajstić information content (AvgIpc) is 2.59. The van der Waals surface area contributed by atoms with Crippen molar-refractivity contribution in [3.8, 4) is 0 Å². The Hall–Kier alpha value is -1.66. The molecule has 0 radical (unpaired) electrons. The summed E-state index contributed by atoms with van der Waals surface area (Å²) in [7, 11) is 0. The highest BCUT2D eigenvalue weighted by Crippen LogP contribution is 2.16. The zero-order chi connectivity index (χ0) is 20.3. The van der Waals surface area contributed by atoms with Crippen LogP contribution in [0.3, 0.4) is 0 Å². The molecule has 27 heavy (non-hydrogen) atoms. The third kappa shape index (κ3) is 18.9. The van der Waals surface area contributed by atoms with Gasteiger partial charge in [0.05, 0.1) is 0 Å². The second kappa shape index (κ2) is 17.7. The summed E-state index contributed by atoms with van der Waals surface area (Å²) in [6.07, 6.45) is 14.7. The van der Waals surface area contributed by atoms with Crippen LogP contribution in [0.25, 0.3) is 0 Å². The molecule has 1 atom stereocenters. The Morgan fingerprint density at radius 3 is 1.37 bits per heavy atom. The summed E-state index contributed by atoms with van der Waals surface area (Å²) in [4.78, 5) is 31.6. The Morgan fingerprint density at radius 1 is 0.630 bits per heavy atom. The van der Waals surface area contributed by atoms with E-state index in [1.165, 1.54) is 38.5 Å². The van der Waals surface area contributed by atoms with Gasteiger partial charge in [-0.3, -0.25) is 19.7 Å². The van der Waals surface area contributed by atoms with Crippen LogP contribution in [-0.2, 0) is 9.59 Å². The first kappa shape index (κ1) is 25.3. The molecule has 0 amide bonds. The van der Waals surface area contributed by atoms with Crippen LogP contribution in [0.5, 0.6) is 0 Å². The van der Waals surface area contributed by atoms with E-state index in [1.54, 1.807) is 0 Å². The lowest BCUT2D eigenvalue weighted by Crippen LogP contribution is -2.19. The van der Waals surface area contributed by atoms with Gasteiger partial charge < -0.3 is 10.2 Å². The number of aliphatic carboxylic acids is 2. The normalized spacial score (nSPS) is 12.0. The smallest absolute Gasteiger partial charge is 0.303 e. The van der Waals surface area contributed by atoms with Gasteiger partial charge in [-0.1, -0.05) is 64.2 Å². The van der Waals surface area contributed by atoms with Gasteiger partial charge in [-0.15, -0.1) is 0 Å². The molecular weight excluding hydrogens is 350 g/mol. The van der Waals surface area contributed by atoms with E-state index in [1.807, 2.05) is 0 Å². The van der Waals surface area contributed by atoms with Crippen molar-refractivity contribution in [2.24, 2.45) is 0 Å². The van der Waals surface area contributed by atoms with E-state index in [4.69, 9.17) is 10.2 Å². The summed E-state index contributed by atoms with van der Waals surface area (Å²) in [5, 5.41) is 28.1. The fourth-order valence-corrected chi connectivity index (χ4v) is 3.27. The molecule has 1 unspecified atom stereocenters. The zero-order valence-electron chi connectivity index (χ0n) is 16.6. The van der Waals surface area contributed by atoms with E-state index < -0.39 is 18.0 Å². The number of hydrogen-bond acceptors (Lipinski definition) is 4. The predicted octanol–water partition coefficient (Wildman–Crippen LogP) is 5.43. The van der Waals surface area contributed by atoms with Crippen molar-refractivity contribution in [1.82, 2.24) is 0 Å². The van der Waals surface area contributed by atoms with E-state index in [9.17, 15) is 19.7 Å². The number of hydrogen-bond donors (Lipinski definition) is 2. The maximum absolute atomic E-state index is 11.0. The lowest BCUT2D eigenvalue weighted by Gasteiger charge is -2.08. The Morgan fingerprint density at radius 2 is 0.963 bits per heavy atom. The van der Waals surface area contributed by atoms with Gasteiger partial charge in [-0.05, 0) is 19.3 Å². The second-order valence-electron chi connectivity index (χ2n) is 7.40. The van der Waals surface area contributed by atoms with Crippen LogP contribution in [0.4, 0.5) is 0 Å². The molecule has 7 heteroatoms. The molecule has 7 nitrogen and oxygen atoms in total. The van der Waals surface area contributed by atoms with Crippen LogP contribution in [-0.4, -0.2) is 33.1 Å². The van der Waals surface area contributed by atoms with Gasteiger partial charge in [0, 0.05) is 30.6 Å². The van der Waals surface area contributed by atoms with Gasteiger partial charge in [-0.2, -0.15) is 0 Å². The minimum absolute atomic E-state index is 0.00662. The van der Waals surface area contributed by atoms with Crippen LogP contribution in [0, 0.1) is 10.1 Å². The number of carbonyl (C=O) groups is 2. The number of nitrogens with zero attached hydrogens (tertiary/aromatic N) is 1. The maximum atomic E-state index is 11.0. The van der Waals surface area contributed by atoms with Crippen molar-refractivity contribution in [2.45, 2.75) is 115 Å². The van der Waals surface area contributed by atoms with Crippen LogP contribution < -0.4 is 0 Å². The predicted molar refractivity (Wildman–Crippen MR) is 105 cm³/mol. The molecular formula is C20H37NO6. The highest BCUT2D eigenvalue weighted by atomic mass is 16.6. The molecule has 0 aromatic rings. The molecule has 0 aliphatic rings. The van der Waals surface area contributed by atoms with Gasteiger partial charge in [-0.25, -0.2) is 0 Å². The average molecular weight is 388 g/mol. The van der Waals surface area contributed by atoms with Crippen molar-refractivity contribution in [3.05, 3.63) is 10.1 Å². The van der Waals surface area contributed by atoms with E-state index in [-0.39, 0.29) is 17.8 Å². The monoisotopic (exact) mass is 387 g/mol. The van der Waals surface area contributed by atoms with Crippen molar-refractivity contribution in [3.63, 3.8) is 0 Å². The van der Waals surface area contributed by atoms with Crippen molar-refractivity contribution < 1.29 is 24.7 Å². The Kier molecular flexibility index (Phi) is 16.6. The molecule has 0 bridgehead atoms. The summed E-state index contributed by atoms with van der Waals surface area (Å²) in [6, 6.07) is -0.597. The minimum Gasteiger partial charge on any atom is -0.481 e. The van der Waals surface area contributed by atoms with Crippen LogP contribution >= 0.6 is 0 Å². The van der Waals surface area contributed by atoms with Crippen LogP contribution in [0.1, 0.15) is 109 Å². The second-order valence-corrected chi connectivity index (χ2v) is 7.40. The summed E-state index contributed by atoms with van der Waals surface area (Å²) in [6.45, 7) is 0. The zero-order valence-corrected chi connectivity index (χ0v) is 16.6. The van der Waals surface area contributed by atoms with E-state index in [0.29, 0.717) is 19.3 Å². The quantitative estimate of drug-likeness (QED) is 0.163. The van der Waals surface area contributed by atoms with Gasteiger partial charge in [0.25, 0.3) is 0 Å². The lowest BCUT2D eigenvalue weighted by molar-refractivity contribution is -0.524. The molecule has 0 heterocycles. The first-order chi connectivity index (χ1) is 12.9. The third-order valence-electron chi connectivity index (χ3n) is 4.90. The highest BCUT2D eigenvalue weighted by molar-refractivity contribution is 5.66. The number of nitro groups is 1. The van der Waals surface area contributed by atoms with E-state index >= 15 is 0 Å².